The molecule has 0 saturated carbocycles. The molecule has 1 amide bonds. The molecule has 0 radical (unpaired) electrons. The second kappa shape index (κ2) is 9.10. The van der Waals surface area contributed by atoms with E-state index in [0.717, 1.165) is 0 Å². The van der Waals surface area contributed by atoms with Crippen LogP contribution in [0.3, 0.4) is 0 Å². The van der Waals surface area contributed by atoms with Crippen molar-refractivity contribution in [2.24, 2.45) is 5.92 Å². The minimum Gasteiger partial charge on any atom is -0.481 e. The first-order chi connectivity index (χ1) is 11.2. The molecule has 0 spiro atoms. The zero-order chi connectivity index (χ0) is 18.3. The van der Waals surface area contributed by atoms with E-state index in [1.54, 1.807) is 30.3 Å². The molecular formula is C15H19NO7P+. The van der Waals surface area contributed by atoms with Gasteiger partial charge < -0.3 is 15.5 Å². The van der Waals surface area contributed by atoms with Crippen LogP contribution in [0.25, 0.3) is 0 Å². The van der Waals surface area contributed by atoms with Crippen LogP contribution < -0.4 is 5.32 Å². The Balaban J connectivity index is 3.27. The van der Waals surface area contributed by atoms with Crippen LogP contribution in [-0.4, -0.2) is 38.6 Å². The summed E-state index contributed by atoms with van der Waals surface area (Å²) in [4.78, 5) is 43.4. The lowest BCUT2D eigenvalue weighted by atomic mass is 9.90. The van der Waals surface area contributed by atoms with Gasteiger partial charge in [0, 0.05) is 13.3 Å². The number of carbonyl (C=O) groups is 3. The summed E-state index contributed by atoms with van der Waals surface area (Å²) in [6.45, 7) is 1.21. The van der Waals surface area contributed by atoms with Gasteiger partial charge in [-0.3, -0.25) is 14.4 Å². The Hall–Kier alpha value is -2.31. The molecule has 4 atom stereocenters. The predicted molar refractivity (Wildman–Crippen MR) is 84.6 cm³/mol. The topological polar surface area (TPSA) is 141 Å². The van der Waals surface area contributed by atoms with Crippen LogP contribution in [0, 0.1) is 5.92 Å². The lowest BCUT2D eigenvalue weighted by molar-refractivity contribution is -0.143. The molecule has 0 saturated heterocycles. The average Bonchev–Trinajstić information content (AvgIpc) is 2.49. The SMILES string of the molecule is CC(=O)NC(c1ccccc1)C(C(CCC(=O)O)C(=O)O)[P+](=O)O. The van der Waals surface area contributed by atoms with E-state index in [9.17, 15) is 28.9 Å². The fraction of sp³-hybridized carbons (Fsp3) is 0.400. The van der Waals surface area contributed by atoms with Gasteiger partial charge in [-0.2, -0.15) is 4.89 Å². The van der Waals surface area contributed by atoms with Gasteiger partial charge in [0.1, 0.15) is 12.0 Å². The Labute approximate surface area is 139 Å². The zero-order valence-corrected chi connectivity index (χ0v) is 13.8. The van der Waals surface area contributed by atoms with Crippen LogP contribution in [0.4, 0.5) is 0 Å². The summed E-state index contributed by atoms with van der Waals surface area (Å²) in [6, 6.07) is 7.19. The first-order valence-electron chi connectivity index (χ1n) is 7.16. The molecule has 4 unspecified atom stereocenters. The van der Waals surface area contributed by atoms with E-state index in [1.165, 1.54) is 6.92 Å². The van der Waals surface area contributed by atoms with E-state index in [4.69, 9.17) is 5.11 Å². The van der Waals surface area contributed by atoms with E-state index in [2.05, 4.69) is 5.32 Å². The van der Waals surface area contributed by atoms with Gasteiger partial charge in [0.25, 0.3) is 0 Å². The van der Waals surface area contributed by atoms with Crippen LogP contribution in [0.1, 0.15) is 31.4 Å². The van der Waals surface area contributed by atoms with Gasteiger partial charge in [-0.15, -0.1) is 0 Å². The van der Waals surface area contributed by atoms with Gasteiger partial charge in [-0.05, 0) is 16.5 Å². The van der Waals surface area contributed by atoms with Crippen molar-refractivity contribution in [3.63, 3.8) is 0 Å². The number of carboxylic acids is 2. The minimum atomic E-state index is -3.00. The molecule has 130 valence electrons. The normalized spacial score (nSPS) is 15.0. The van der Waals surface area contributed by atoms with Crippen molar-refractivity contribution in [2.45, 2.75) is 31.5 Å². The van der Waals surface area contributed by atoms with Gasteiger partial charge in [-0.25, -0.2) is 0 Å². The number of rotatable bonds is 9. The lowest BCUT2D eigenvalue weighted by Gasteiger charge is -2.24. The Morgan fingerprint density at radius 3 is 2.17 bits per heavy atom. The fourth-order valence-electron chi connectivity index (χ4n) is 2.48. The van der Waals surface area contributed by atoms with E-state index in [0.29, 0.717) is 5.56 Å². The van der Waals surface area contributed by atoms with Crippen molar-refractivity contribution in [3.8, 4) is 0 Å². The highest BCUT2D eigenvalue weighted by molar-refractivity contribution is 7.39. The summed E-state index contributed by atoms with van der Waals surface area (Å²) in [5.74, 6) is -4.48. The smallest absolute Gasteiger partial charge is 0.481 e. The van der Waals surface area contributed by atoms with Crippen molar-refractivity contribution >= 4 is 25.9 Å². The van der Waals surface area contributed by atoms with Crippen molar-refractivity contribution in [1.29, 1.82) is 0 Å². The Kier molecular flexibility index (Phi) is 7.48. The van der Waals surface area contributed by atoms with Crippen LogP contribution in [-0.2, 0) is 18.9 Å². The molecule has 0 heterocycles. The maximum absolute atomic E-state index is 11.9. The Morgan fingerprint density at radius 1 is 1.17 bits per heavy atom. The minimum absolute atomic E-state index is 0.320. The molecule has 8 nitrogen and oxygen atoms in total. The largest absolute Gasteiger partial charge is 0.512 e. The molecule has 1 aromatic carbocycles. The van der Waals surface area contributed by atoms with Crippen LogP contribution in [0.2, 0.25) is 0 Å². The molecule has 1 rings (SSSR count). The maximum Gasteiger partial charge on any atom is 0.512 e. The number of carboxylic acid groups (broad SMARTS) is 2. The first kappa shape index (κ1) is 19.7. The highest BCUT2D eigenvalue weighted by Crippen LogP contribution is 2.40. The molecule has 0 bridgehead atoms. The average molecular weight is 356 g/mol. The maximum atomic E-state index is 11.9. The molecule has 0 aliphatic carbocycles. The number of carbonyl (C=O) groups excluding carboxylic acids is 1. The molecule has 1 aromatic rings. The van der Waals surface area contributed by atoms with Crippen molar-refractivity contribution in [1.82, 2.24) is 5.32 Å². The van der Waals surface area contributed by atoms with E-state index in [-0.39, 0.29) is 6.42 Å². The number of benzene rings is 1. The predicted octanol–water partition coefficient (Wildman–Crippen LogP) is 1.53. The van der Waals surface area contributed by atoms with Gasteiger partial charge >= 0.3 is 20.0 Å². The Morgan fingerprint density at radius 2 is 1.75 bits per heavy atom. The van der Waals surface area contributed by atoms with E-state index < -0.39 is 49.9 Å². The molecule has 0 aliphatic heterocycles. The van der Waals surface area contributed by atoms with Crippen LogP contribution >= 0.6 is 8.03 Å². The molecule has 9 heteroatoms. The Bertz CT molecular complexity index is 620. The molecule has 24 heavy (non-hydrogen) atoms. The van der Waals surface area contributed by atoms with Crippen LogP contribution in [0.5, 0.6) is 0 Å². The summed E-state index contributed by atoms with van der Waals surface area (Å²) in [5.41, 5.74) is -0.889. The third-order valence-electron chi connectivity index (χ3n) is 3.51. The van der Waals surface area contributed by atoms with Crippen molar-refractivity contribution in [2.75, 3.05) is 0 Å². The van der Waals surface area contributed by atoms with Gasteiger partial charge in [0.15, 0.2) is 0 Å². The van der Waals surface area contributed by atoms with E-state index >= 15 is 0 Å². The third kappa shape index (κ3) is 5.72. The number of aliphatic carboxylic acids is 2. The van der Waals surface area contributed by atoms with Crippen LogP contribution in [0.15, 0.2) is 30.3 Å². The number of nitrogens with one attached hydrogen (secondary N) is 1. The summed E-state index contributed by atoms with van der Waals surface area (Å²) in [5, 5.41) is 20.7. The molecule has 0 fully saturated rings. The highest BCUT2D eigenvalue weighted by Gasteiger charge is 2.48. The summed E-state index contributed by atoms with van der Waals surface area (Å²) in [7, 11) is -3.00. The standard InChI is InChI=1S/C15H18NO7P/c1-9(17)16-13(10-5-3-2-4-6-10)14(24(22)23)11(15(20)21)7-8-12(18)19/h2-6,11,13-14H,7-8H2,1H3,(H3-,16,17,18,19,20,21,22,23)/p+1. The summed E-state index contributed by atoms with van der Waals surface area (Å²) < 4.78 is 11.9. The lowest BCUT2D eigenvalue weighted by Crippen LogP contribution is -2.40. The number of amides is 1. The molecule has 4 N–H and O–H groups in total. The van der Waals surface area contributed by atoms with Gasteiger partial charge in [-0.1, -0.05) is 30.3 Å². The second-order valence-electron chi connectivity index (χ2n) is 5.26. The number of hydrogen-bond acceptors (Lipinski definition) is 4. The van der Waals surface area contributed by atoms with Gasteiger partial charge in [0.2, 0.25) is 11.6 Å². The summed E-state index contributed by atoms with van der Waals surface area (Å²) in [6.07, 6.45) is -0.780. The molecule has 0 aromatic heterocycles. The second-order valence-corrected chi connectivity index (χ2v) is 6.46. The summed E-state index contributed by atoms with van der Waals surface area (Å²) >= 11 is 0. The quantitative estimate of drug-likeness (QED) is 0.492. The third-order valence-corrected chi connectivity index (χ3v) is 4.68. The monoisotopic (exact) mass is 356 g/mol. The first-order valence-corrected chi connectivity index (χ1v) is 8.44. The zero-order valence-electron chi connectivity index (χ0n) is 13.0. The molecular weight excluding hydrogens is 337 g/mol. The highest BCUT2D eigenvalue weighted by atomic mass is 31.1. The van der Waals surface area contributed by atoms with Gasteiger partial charge in [0.05, 0.1) is 0 Å². The van der Waals surface area contributed by atoms with Crippen molar-refractivity contribution < 1.29 is 34.1 Å². The fourth-order valence-corrected chi connectivity index (χ4v) is 3.56. The van der Waals surface area contributed by atoms with E-state index in [1.807, 2.05) is 0 Å². The molecule has 0 aliphatic rings. The number of hydrogen-bond donors (Lipinski definition) is 4. The van der Waals surface area contributed by atoms with Crippen molar-refractivity contribution in [3.05, 3.63) is 35.9 Å².